The minimum Gasteiger partial charge on any atom is -0.473 e. The van der Waals surface area contributed by atoms with Gasteiger partial charge in [-0.2, -0.15) is 10.2 Å². The molecule has 0 saturated carbocycles. The van der Waals surface area contributed by atoms with Crippen molar-refractivity contribution in [2.75, 3.05) is 13.7 Å². The van der Waals surface area contributed by atoms with E-state index >= 15 is 0 Å². The smallest absolute Gasteiger partial charge is 0.337 e. The molecule has 1 saturated heterocycles. The minimum absolute atomic E-state index is 0.0191. The molecule has 1 aliphatic heterocycles. The molecule has 1 fully saturated rings. The van der Waals surface area contributed by atoms with Crippen LogP contribution in [0.25, 0.3) is 22.3 Å². The first kappa shape index (κ1) is 26.9. The Morgan fingerprint density at radius 1 is 1.10 bits per heavy atom. The van der Waals surface area contributed by atoms with Gasteiger partial charge in [0.05, 0.1) is 53.7 Å². The lowest BCUT2D eigenvalue weighted by atomic mass is 10.1. The number of rotatable bonds is 9. The van der Waals surface area contributed by atoms with Crippen molar-refractivity contribution in [1.82, 2.24) is 14.5 Å². The second-order valence-electron chi connectivity index (χ2n) is 9.68. The number of methoxy groups -OCH3 is 1. The third kappa shape index (κ3) is 5.64. The van der Waals surface area contributed by atoms with Crippen LogP contribution in [0.2, 0.25) is 0 Å². The summed E-state index contributed by atoms with van der Waals surface area (Å²) in [7, 11) is 1.35. The molecule has 0 N–H and O–H groups in total. The third-order valence-corrected chi connectivity index (χ3v) is 6.95. The largest absolute Gasteiger partial charge is 0.473 e. The van der Waals surface area contributed by atoms with Crippen molar-refractivity contribution in [3.8, 4) is 35.0 Å². The molecule has 10 heteroatoms. The molecule has 1 unspecified atom stereocenters. The molecule has 2 aromatic heterocycles. The van der Waals surface area contributed by atoms with Gasteiger partial charge in [0.2, 0.25) is 5.88 Å². The van der Waals surface area contributed by atoms with E-state index in [0.717, 1.165) is 24.1 Å². The standard InChI is InChI=1S/C32H25FN4O5/c1-39-31(38)22-9-12-28-29(16-22)37(18-25-13-14-40-25)32(36-28)42-24-10-7-21(8-11-24)27-3-2-4-30(35-27)41-19-23-6-5-20(17-34)15-26(23)33/h2-12,15-16,25H,13-14,18-19H2,1H3. The summed E-state index contributed by atoms with van der Waals surface area (Å²) < 4.78 is 38.6. The van der Waals surface area contributed by atoms with Crippen LogP contribution < -0.4 is 9.47 Å². The van der Waals surface area contributed by atoms with Gasteiger partial charge in [0.25, 0.3) is 0 Å². The fourth-order valence-electron chi connectivity index (χ4n) is 4.57. The third-order valence-electron chi connectivity index (χ3n) is 6.95. The second-order valence-corrected chi connectivity index (χ2v) is 9.68. The van der Waals surface area contributed by atoms with E-state index in [1.54, 1.807) is 30.3 Å². The highest BCUT2D eigenvalue weighted by atomic mass is 19.1. The highest BCUT2D eigenvalue weighted by Gasteiger charge is 2.23. The van der Waals surface area contributed by atoms with E-state index in [2.05, 4.69) is 9.97 Å². The summed E-state index contributed by atoms with van der Waals surface area (Å²) in [4.78, 5) is 21.3. The first-order valence-electron chi connectivity index (χ1n) is 13.3. The summed E-state index contributed by atoms with van der Waals surface area (Å²) in [5.74, 6) is -0.0119. The number of nitriles is 1. The Hall–Kier alpha value is -5.27. The van der Waals surface area contributed by atoms with E-state index in [9.17, 15) is 9.18 Å². The average molecular weight is 565 g/mol. The molecule has 1 aliphatic rings. The van der Waals surface area contributed by atoms with Crippen molar-refractivity contribution in [1.29, 1.82) is 5.26 Å². The maximum absolute atomic E-state index is 14.2. The van der Waals surface area contributed by atoms with Crippen LogP contribution in [0.15, 0.2) is 78.9 Å². The summed E-state index contributed by atoms with van der Waals surface area (Å²) in [5.41, 5.74) is 3.95. The zero-order chi connectivity index (χ0) is 29.1. The number of carbonyl (C=O) groups excluding carboxylic acids is 1. The molecular weight excluding hydrogens is 539 g/mol. The monoisotopic (exact) mass is 564 g/mol. The number of hydrogen-bond acceptors (Lipinski definition) is 8. The van der Waals surface area contributed by atoms with Gasteiger partial charge in [-0.05, 0) is 67.1 Å². The summed E-state index contributed by atoms with van der Waals surface area (Å²) >= 11 is 0. The predicted octanol–water partition coefficient (Wildman–Crippen LogP) is 6.06. The molecule has 0 bridgehead atoms. The number of ether oxygens (including phenoxy) is 4. The molecule has 0 radical (unpaired) electrons. The van der Waals surface area contributed by atoms with Gasteiger partial charge in [0.1, 0.15) is 18.2 Å². The first-order chi connectivity index (χ1) is 20.5. The quantitative estimate of drug-likeness (QED) is 0.199. The molecule has 0 aliphatic carbocycles. The van der Waals surface area contributed by atoms with Crippen molar-refractivity contribution in [3.63, 3.8) is 0 Å². The molecule has 0 amide bonds. The van der Waals surface area contributed by atoms with Crippen LogP contribution in [0.5, 0.6) is 17.6 Å². The van der Waals surface area contributed by atoms with Crippen LogP contribution in [0.3, 0.4) is 0 Å². The van der Waals surface area contributed by atoms with Gasteiger partial charge in [-0.3, -0.25) is 4.57 Å². The maximum Gasteiger partial charge on any atom is 0.337 e. The van der Waals surface area contributed by atoms with Gasteiger partial charge >= 0.3 is 12.0 Å². The van der Waals surface area contributed by atoms with Crippen LogP contribution in [-0.4, -0.2) is 40.3 Å². The number of pyridine rings is 1. The van der Waals surface area contributed by atoms with E-state index in [1.165, 1.54) is 19.2 Å². The van der Waals surface area contributed by atoms with E-state index in [4.69, 9.17) is 24.2 Å². The Balaban J connectivity index is 1.20. The molecule has 3 heterocycles. The predicted molar refractivity (Wildman–Crippen MR) is 151 cm³/mol. The van der Waals surface area contributed by atoms with Crippen LogP contribution >= 0.6 is 0 Å². The highest BCUT2D eigenvalue weighted by Crippen LogP contribution is 2.30. The van der Waals surface area contributed by atoms with E-state index in [-0.39, 0.29) is 18.3 Å². The number of imidazole rings is 1. The SMILES string of the molecule is COC(=O)c1ccc2nc(Oc3ccc(-c4cccc(OCc5ccc(C#N)cc5F)n4)cc3)n(CC3CCO3)c2c1. The Morgan fingerprint density at radius 3 is 2.64 bits per heavy atom. The van der Waals surface area contributed by atoms with Crippen molar-refractivity contribution < 1.29 is 28.1 Å². The maximum atomic E-state index is 14.2. The van der Waals surface area contributed by atoms with E-state index in [0.29, 0.717) is 46.5 Å². The summed E-state index contributed by atoms with van der Waals surface area (Å²) in [6, 6.07) is 24.5. The van der Waals surface area contributed by atoms with E-state index < -0.39 is 11.8 Å². The zero-order valence-electron chi connectivity index (χ0n) is 22.6. The summed E-state index contributed by atoms with van der Waals surface area (Å²) in [5, 5.41) is 8.92. The van der Waals surface area contributed by atoms with Gasteiger partial charge in [0.15, 0.2) is 0 Å². The number of nitrogens with zero attached hydrogens (tertiary/aromatic N) is 4. The number of halogens is 1. The van der Waals surface area contributed by atoms with Crippen molar-refractivity contribution >= 4 is 17.0 Å². The minimum atomic E-state index is -0.501. The van der Waals surface area contributed by atoms with Crippen molar-refractivity contribution in [3.05, 3.63) is 101 Å². The van der Waals surface area contributed by atoms with E-state index in [1.807, 2.05) is 47.0 Å². The highest BCUT2D eigenvalue weighted by molar-refractivity contribution is 5.93. The summed E-state index contributed by atoms with van der Waals surface area (Å²) in [6.07, 6.45) is 0.978. The van der Waals surface area contributed by atoms with Crippen LogP contribution in [0, 0.1) is 17.1 Å². The van der Waals surface area contributed by atoms with Crippen LogP contribution in [0.4, 0.5) is 4.39 Å². The van der Waals surface area contributed by atoms with Gasteiger partial charge in [-0.15, -0.1) is 0 Å². The topological polar surface area (TPSA) is 108 Å². The fourth-order valence-corrected chi connectivity index (χ4v) is 4.57. The molecule has 5 aromatic rings. The molecule has 0 spiro atoms. The number of esters is 1. The lowest BCUT2D eigenvalue weighted by molar-refractivity contribution is -0.0593. The average Bonchev–Trinajstić information content (AvgIpc) is 3.34. The Morgan fingerprint density at radius 2 is 1.93 bits per heavy atom. The lowest BCUT2D eigenvalue weighted by Gasteiger charge is -2.27. The van der Waals surface area contributed by atoms with Gasteiger partial charge in [-0.1, -0.05) is 12.1 Å². The lowest BCUT2D eigenvalue weighted by Crippen LogP contribution is -2.31. The zero-order valence-corrected chi connectivity index (χ0v) is 22.6. The molecule has 1 atom stereocenters. The molecular formula is C32H25FN4O5. The Bertz CT molecular complexity index is 1810. The fraction of sp³-hybridized carbons (Fsp3) is 0.188. The Kier molecular flexibility index (Phi) is 7.49. The Labute approximate surface area is 240 Å². The molecule has 9 nitrogen and oxygen atoms in total. The molecule has 6 rings (SSSR count). The van der Waals surface area contributed by atoms with Crippen LogP contribution in [0.1, 0.15) is 27.9 Å². The number of aromatic nitrogens is 3. The van der Waals surface area contributed by atoms with Gasteiger partial charge in [-0.25, -0.2) is 14.2 Å². The van der Waals surface area contributed by atoms with Crippen molar-refractivity contribution in [2.24, 2.45) is 0 Å². The summed E-state index contributed by atoms with van der Waals surface area (Å²) in [6.45, 7) is 1.24. The van der Waals surface area contributed by atoms with Crippen molar-refractivity contribution in [2.45, 2.75) is 25.7 Å². The van der Waals surface area contributed by atoms with Gasteiger partial charge < -0.3 is 18.9 Å². The molecule has 42 heavy (non-hydrogen) atoms. The number of fused-ring (bicyclic) bond motifs is 1. The first-order valence-corrected chi connectivity index (χ1v) is 13.3. The molecule has 3 aromatic carbocycles. The van der Waals surface area contributed by atoms with Crippen LogP contribution in [-0.2, 0) is 22.6 Å². The number of carbonyl (C=O) groups is 1. The second kappa shape index (κ2) is 11.7. The normalized spacial score (nSPS) is 14.2. The number of benzene rings is 3. The van der Waals surface area contributed by atoms with Gasteiger partial charge in [0, 0.05) is 23.8 Å². The number of hydrogen-bond donors (Lipinski definition) is 0. The molecule has 210 valence electrons.